The molecule has 0 aliphatic carbocycles. The molecule has 164 valence electrons. The average molecular weight is 421 g/mol. The van der Waals surface area contributed by atoms with Crippen molar-refractivity contribution >= 4 is 17.8 Å². The summed E-state index contributed by atoms with van der Waals surface area (Å²) in [4.78, 5) is 23.5. The zero-order valence-corrected chi connectivity index (χ0v) is 18.7. The van der Waals surface area contributed by atoms with E-state index < -0.39 is 5.97 Å². The highest BCUT2D eigenvalue weighted by Crippen LogP contribution is 2.27. The summed E-state index contributed by atoms with van der Waals surface area (Å²) < 4.78 is 5.36. The van der Waals surface area contributed by atoms with Crippen LogP contribution in [-0.4, -0.2) is 16.9 Å². The molecule has 0 amide bonds. The van der Waals surface area contributed by atoms with Gasteiger partial charge in [-0.15, -0.1) is 0 Å². The molecule has 0 radical (unpaired) electrons. The Labute approximate surface area is 185 Å². The van der Waals surface area contributed by atoms with E-state index in [0.717, 1.165) is 23.1 Å². The predicted molar refractivity (Wildman–Crippen MR) is 126 cm³/mol. The van der Waals surface area contributed by atoms with Crippen LogP contribution in [-0.2, 0) is 11.2 Å². The lowest BCUT2D eigenvalue weighted by Crippen LogP contribution is -2.07. The summed E-state index contributed by atoms with van der Waals surface area (Å²) in [5.74, 6) is -1.10. The third kappa shape index (κ3) is 7.56. The molecule has 0 saturated carbocycles. The summed E-state index contributed by atoms with van der Waals surface area (Å²) >= 11 is 0. The number of carbonyl (C=O) groups is 2. The summed E-state index contributed by atoms with van der Waals surface area (Å²) in [5.41, 5.74) is 4.33. The maximum absolute atomic E-state index is 12.5. The van der Waals surface area contributed by atoms with E-state index in [9.17, 15) is 9.59 Å². The minimum Gasteiger partial charge on any atom is -0.475 e. The number of aliphatic carboxylic acids is 1. The fourth-order valence-corrected chi connectivity index (χ4v) is 3.44. The Morgan fingerprint density at radius 1 is 1.00 bits per heavy atom. The minimum absolute atomic E-state index is 0.0515. The van der Waals surface area contributed by atoms with Crippen LogP contribution in [0.5, 0.6) is 5.75 Å². The molecule has 0 heterocycles. The number of rotatable bonds is 12. The molecule has 0 aromatic heterocycles. The lowest BCUT2D eigenvalue weighted by Gasteiger charge is -2.12. The molecule has 4 heteroatoms. The Morgan fingerprint density at radius 3 is 2.19 bits per heavy atom. The Balaban J connectivity index is 1.99. The van der Waals surface area contributed by atoms with Crippen LogP contribution >= 0.6 is 0 Å². The molecule has 0 aliphatic rings. The van der Waals surface area contributed by atoms with E-state index in [1.807, 2.05) is 50.2 Å². The van der Waals surface area contributed by atoms with Crippen molar-refractivity contribution in [3.05, 3.63) is 82.6 Å². The van der Waals surface area contributed by atoms with Gasteiger partial charge in [0.25, 0.3) is 0 Å². The fraction of sp³-hybridized carbons (Fsp3) is 0.333. The van der Waals surface area contributed by atoms with Gasteiger partial charge in [-0.05, 0) is 73.7 Å². The van der Waals surface area contributed by atoms with Gasteiger partial charge in [0.05, 0.1) is 0 Å². The van der Waals surface area contributed by atoms with E-state index in [4.69, 9.17) is 9.84 Å². The van der Waals surface area contributed by atoms with Gasteiger partial charge in [0.1, 0.15) is 5.75 Å². The van der Waals surface area contributed by atoms with Crippen LogP contribution in [0.15, 0.2) is 54.8 Å². The molecule has 1 N–H and O–H groups in total. The third-order valence-corrected chi connectivity index (χ3v) is 5.18. The first-order chi connectivity index (χ1) is 14.8. The number of hydrogen-bond acceptors (Lipinski definition) is 3. The van der Waals surface area contributed by atoms with E-state index in [1.165, 1.54) is 37.7 Å². The summed E-state index contributed by atoms with van der Waals surface area (Å²) in [7, 11) is 0. The maximum Gasteiger partial charge on any atom is 0.371 e. The highest BCUT2D eigenvalue weighted by atomic mass is 16.5. The van der Waals surface area contributed by atoms with Crippen molar-refractivity contribution in [2.75, 3.05) is 0 Å². The van der Waals surface area contributed by atoms with Gasteiger partial charge in [-0.3, -0.25) is 4.79 Å². The molecule has 0 saturated heterocycles. The number of carbonyl (C=O) groups excluding carboxylic acids is 1. The minimum atomic E-state index is -1.20. The van der Waals surface area contributed by atoms with Gasteiger partial charge in [-0.2, -0.15) is 0 Å². The van der Waals surface area contributed by atoms with Gasteiger partial charge in [0, 0.05) is 5.56 Å². The molecular weight excluding hydrogens is 388 g/mol. The van der Waals surface area contributed by atoms with E-state index in [1.54, 1.807) is 12.2 Å². The number of carboxylic acids is 1. The molecule has 31 heavy (non-hydrogen) atoms. The number of allylic oxidation sites excluding steroid dienone is 1. The third-order valence-electron chi connectivity index (χ3n) is 5.18. The first-order valence-electron chi connectivity index (χ1n) is 10.8. The highest BCUT2D eigenvalue weighted by molar-refractivity contribution is 6.06. The SMILES string of the molecule is C=C(Oc1c(C)cc(/C=C/C(=O)c2ccc(CCCCCCC)cc2)cc1C)C(=O)O. The molecule has 0 spiro atoms. The standard InChI is InChI=1S/C27H32O4/c1-5-6-7-8-9-10-22-11-14-24(15-12-22)25(28)16-13-23-17-19(2)26(20(3)18-23)31-21(4)27(29)30/h11-18H,4-10H2,1-3H3,(H,29,30)/b16-13+. The lowest BCUT2D eigenvalue weighted by atomic mass is 10.0. The van der Waals surface area contributed by atoms with Gasteiger partial charge >= 0.3 is 5.97 Å². The molecule has 0 aliphatic heterocycles. The number of ether oxygens (including phenoxy) is 1. The van der Waals surface area contributed by atoms with Crippen LogP contribution in [0.1, 0.15) is 71.6 Å². The number of ketones is 1. The fourth-order valence-electron chi connectivity index (χ4n) is 3.44. The van der Waals surface area contributed by atoms with Crippen LogP contribution in [0, 0.1) is 13.8 Å². The largest absolute Gasteiger partial charge is 0.475 e. The molecule has 2 aromatic rings. The van der Waals surface area contributed by atoms with Crippen molar-refractivity contribution in [3.63, 3.8) is 0 Å². The summed E-state index contributed by atoms with van der Waals surface area (Å²) in [6, 6.07) is 11.6. The summed E-state index contributed by atoms with van der Waals surface area (Å²) in [6.45, 7) is 9.28. The van der Waals surface area contributed by atoms with Gasteiger partial charge in [-0.25, -0.2) is 4.79 Å². The Bertz CT molecular complexity index is 929. The number of carboxylic acid groups (broad SMARTS) is 1. The van der Waals surface area contributed by atoms with Crippen molar-refractivity contribution in [2.45, 2.75) is 59.3 Å². The number of unbranched alkanes of at least 4 members (excludes halogenated alkanes) is 4. The second kappa shape index (κ2) is 11.9. The topological polar surface area (TPSA) is 63.6 Å². The monoisotopic (exact) mass is 420 g/mol. The van der Waals surface area contributed by atoms with Gasteiger partial charge < -0.3 is 9.84 Å². The molecular formula is C27H32O4. The van der Waals surface area contributed by atoms with Gasteiger partial charge in [0.15, 0.2) is 5.78 Å². The van der Waals surface area contributed by atoms with Crippen LogP contribution in [0.2, 0.25) is 0 Å². The van der Waals surface area contributed by atoms with E-state index in [0.29, 0.717) is 11.3 Å². The molecule has 0 unspecified atom stereocenters. The zero-order valence-electron chi connectivity index (χ0n) is 18.7. The van der Waals surface area contributed by atoms with Crippen molar-refractivity contribution in [1.29, 1.82) is 0 Å². The quantitative estimate of drug-likeness (QED) is 0.180. The number of hydrogen-bond donors (Lipinski definition) is 1. The zero-order chi connectivity index (χ0) is 22.8. The number of aryl methyl sites for hydroxylation is 3. The highest BCUT2D eigenvalue weighted by Gasteiger charge is 2.12. The van der Waals surface area contributed by atoms with Crippen molar-refractivity contribution in [1.82, 2.24) is 0 Å². The van der Waals surface area contributed by atoms with Gasteiger partial charge in [0.2, 0.25) is 5.76 Å². The molecule has 2 aromatic carbocycles. The van der Waals surface area contributed by atoms with Crippen molar-refractivity contribution < 1.29 is 19.4 Å². The predicted octanol–water partition coefficient (Wildman–Crippen LogP) is 6.69. The number of benzene rings is 2. The molecule has 2 rings (SSSR count). The van der Waals surface area contributed by atoms with Gasteiger partial charge in [-0.1, -0.05) is 62.9 Å². The Kier molecular flexibility index (Phi) is 9.26. The van der Waals surface area contributed by atoms with Crippen LogP contribution < -0.4 is 4.74 Å². The van der Waals surface area contributed by atoms with Crippen molar-refractivity contribution in [3.8, 4) is 5.75 Å². The van der Waals surface area contributed by atoms with E-state index in [2.05, 4.69) is 13.5 Å². The Hall–Kier alpha value is -3.14. The molecule has 4 nitrogen and oxygen atoms in total. The normalized spacial score (nSPS) is 10.9. The molecule has 0 bridgehead atoms. The second-order valence-electron chi connectivity index (χ2n) is 7.87. The second-order valence-corrected chi connectivity index (χ2v) is 7.87. The smallest absolute Gasteiger partial charge is 0.371 e. The molecule has 0 atom stereocenters. The van der Waals surface area contributed by atoms with E-state index in [-0.39, 0.29) is 11.5 Å². The van der Waals surface area contributed by atoms with Crippen LogP contribution in [0.4, 0.5) is 0 Å². The Morgan fingerprint density at radius 2 is 1.61 bits per heavy atom. The van der Waals surface area contributed by atoms with Crippen molar-refractivity contribution in [2.24, 2.45) is 0 Å². The molecule has 0 fully saturated rings. The summed E-state index contributed by atoms with van der Waals surface area (Å²) in [6.07, 6.45) is 10.7. The lowest BCUT2D eigenvalue weighted by molar-refractivity contribution is -0.135. The van der Waals surface area contributed by atoms with Crippen LogP contribution in [0.3, 0.4) is 0 Å². The average Bonchev–Trinajstić information content (AvgIpc) is 2.74. The van der Waals surface area contributed by atoms with Crippen LogP contribution in [0.25, 0.3) is 6.08 Å². The first kappa shape index (κ1) is 24.1. The maximum atomic E-state index is 12.5. The van der Waals surface area contributed by atoms with E-state index >= 15 is 0 Å². The summed E-state index contributed by atoms with van der Waals surface area (Å²) in [5, 5.41) is 8.95. The first-order valence-corrected chi connectivity index (χ1v) is 10.8.